The second kappa shape index (κ2) is 5.56. The minimum atomic E-state index is -3.71. The number of rotatable bonds is 6. The highest BCUT2D eigenvalue weighted by molar-refractivity contribution is 7.91. The van der Waals surface area contributed by atoms with Gasteiger partial charge >= 0.3 is 5.97 Å². The van der Waals surface area contributed by atoms with Gasteiger partial charge in [0.1, 0.15) is 9.09 Å². The van der Waals surface area contributed by atoms with E-state index < -0.39 is 16.0 Å². The Morgan fingerprint density at radius 3 is 2.70 bits per heavy atom. The van der Waals surface area contributed by atoms with Crippen LogP contribution in [0.2, 0.25) is 0 Å². The first-order valence-electron chi connectivity index (χ1n) is 6.13. The zero-order valence-corrected chi connectivity index (χ0v) is 12.6. The minimum absolute atomic E-state index is 0.0121. The summed E-state index contributed by atoms with van der Waals surface area (Å²) in [6.45, 7) is 2.01. The molecule has 7 heteroatoms. The molecule has 0 radical (unpaired) electrons. The monoisotopic (exact) mass is 313 g/mol. The molecular formula is C13H15NO4S2. The molecule has 1 fully saturated rings. The Morgan fingerprint density at radius 2 is 2.25 bits per heavy atom. The third-order valence-electron chi connectivity index (χ3n) is 3.11. The van der Waals surface area contributed by atoms with Crippen LogP contribution < -0.4 is 0 Å². The lowest BCUT2D eigenvalue weighted by atomic mass is 10.3. The van der Waals surface area contributed by atoms with Crippen molar-refractivity contribution in [3.63, 3.8) is 0 Å². The lowest BCUT2D eigenvalue weighted by Crippen LogP contribution is -2.32. The summed E-state index contributed by atoms with van der Waals surface area (Å²) in [4.78, 5) is 11.1. The van der Waals surface area contributed by atoms with Crippen LogP contribution in [0, 0.1) is 25.2 Å². The fourth-order valence-electron chi connectivity index (χ4n) is 1.86. The van der Waals surface area contributed by atoms with Crippen LogP contribution in [0.25, 0.3) is 0 Å². The van der Waals surface area contributed by atoms with Crippen LogP contribution in [-0.4, -0.2) is 36.9 Å². The van der Waals surface area contributed by atoms with Gasteiger partial charge < -0.3 is 5.11 Å². The molecule has 1 aliphatic carbocycles. The van der Waals surface area contributed by atoms with Gasteiger partial charge in [0.15, 0.2) is 0 Å². The first-order valence-corrected chi connectivity index (χ1v) is 8.39. The van der Waals surface area contributed by atoms with Crippen molar-refractivity contribution >= 4 is 27.3 Å². The summed E-state index contributed by atoms with van der Waals surface area (Å²) in [5, 5.41) is 9.01. The van der Waals surface area contributed by atoms with Gasteiger partial charge in [0.2, 0.25) is 0 Å². The number of aromatic carboxylic acids is 1. The number of nitrogens with zero attached hydrogens (tertiary/aromatic N) is 1. The van der Waals surface area contributed by atoms with Gasteiger partial charge in [0, 0.05) is 6.54 Å². The number of carboxylic acid groups (broad SMARTS) is 1. The van der Waals surface area contributed by atoms with Gasteiger partial charge in [0.05, 0.1) is 6.54 Å². The molecule has 0 unspecified atom stereocenters. The summed E-state index contributed by atoms with van der Waals surface area (Å²) in [5.41, 5.74) is 0.452. The van der Waals surface area contributed by atoms with Gasteiger partial charge in [-0.05, 0) is 37.3 Å². The minimum Gasteiger partial charge on any atom is -0.477 e. The largest absolute Gasteiger partial charge is 0.477 e. The molecule has 108 valence electrons. The van der Waals surface area contributed by atoms with Crippen LogP contribution in [0.5, 0.6) is 0 Å². The Morgan fingerprint density at radius 1 is 1.60 bits per heavy atom. The molecule has 1 aromatic rings. The molecule has 2 rings (SSSR count). The van der Waals surface area contributed by atoms with Crippen molar-refractivity contribution in [1.82, 2.24) is 4.31 Å². The molecule has 5 nitrogen and oxygen atoms in total. The quantitative estimate of drug-likeness (QED) is 0.813. The van der Waals surface area contributed by atoms with Gasteiger partial charge in [-0.25, -0.2) is 13.2 Å². The second-order valence-electron chi connectivity index (χ2n) is 4.83. The zero-order chi connectivity index (χ0) is 14.9. The molecule has 0 saturated heterocycles. The summed E-state index contributed by atoms with van der Waals surface area (Å²) in [6.07, 6.45) is 7.27. The fraction of sp³-hybridized carbons (Fsp3) is 0.462. The Bertz CT molecular complexity index is 665. The molecule has 1 aromatic heterocycles. The Balaban J connectivity index is 2.34. The number of carboxylic acids is 1. The number of terminal acetylenes is 1. The van der Waals surface area contributed by atoms with Crippen molar-refractivity contribution in [3.8, 4) is 12.3 Å². The number of thiophene rings is 1. The maximum Gasteiger partial charge on any atom is 0.346 e. The number of hydrogen-bond donors (Lipinski definition) is 1. The summed E-state index contributed by atoms with van der Waals surface area (Å²) < 4.78 is 26.4. The van der Waals surface area contributed by atoms with E-state index in [0.717, 1.165) is 24.2 Å². The predicted molar refractivity (Wildman–Crippen MR) is 76.3 cm³/mol. The molecule has 1 aliphatic rings. The van der Waals surface area contributed by atoms with E-state index in [4.69, 9.17) is 11.5 Å². The van der Waals surface area contributed by atoms with Crippen molar-refractivity contribution in [3.05, 3.63) is 16.5 Å². The van der Waals surface area contributed by atoms with E-state index in [1.165, 1.54) is 10.4 Å². The maximum atomic E-state index is 12.5. The van der Waals surface area contributed by atoms with Crippen molar-refractivity contribution in [2.45, 2.75) is 24.0 Å². The standard InChI is InChI=1S/C13H15NO4S2/c1-3-6-14(8-10-4-5-10)20(17,18)11-7-9(2)12(19-11)13(15)16/h1,7,10H,4-6,8H2,2H3,(H,15,16). The number of carbonyl (C=O) groups is 1. The average Bonchev–Trinajstić information content (AvgIpc) is 3.08. The maximum absolute atomic E-state index is 12.5. The fourth-order valence-corrected chi connectivity index (χ4v) is 4.82. The van der Waals surface area contributed by atoms with Crippen LogP contribution >= 0.6 is 11.3 Å². The highest BCUT2D eigenvalue weighted by Crippen LogP contribution is 2.33. The summed E-state index contributed by atoms with van der Waals surface area (Å²) in [7, 11) is -3.71. The molecule has 1 N–H and O–H groups in total. The highest BCUT2D eigenvalue weighted by atomic mass is 32.2. The van der Waals surface area contributed by atoms with E-state index in [1.54, 1.807) is 6.92 Å². The third-order valence-corrected chi connectivity index (χ3v) is 6.60. The topological polar surface area (TPSA) is 74.7 Å². The van der Waals surface area contributed by atoms with Crippen molar-refractivity contribution in [2.24, 2.45) is 5.92 Å². The molecule has 0 aliphatic heterocycles. The molecule has 0 aromatic carbocycles. The van der Waals surface area contributed by atoms with E-state index in [-0.39, 0.29) is 15.6 Å². The SMILES string of the molecule is C#CCN(CC1CC1)S(=O)(=O)c1cc(C)c(C(=O)O)s1. The molecule has 20 heavy (non-hydrogen) atoms. The van der Waals surface area contributed by atoms with E-state index in [9.17, 15) is 13.2 Å². The Labute approximate surface area is 122 Å². The first-order chi connectivity index (χ1) is 9.36. The van der Waals surface area contributed by atoms with Gasteiger partial charge in [-0.2, -0.15) is 4.31 Å². The molecule has 0 spiro atoms. The lowest BCUT2D eigenvalue weighted by Gasteiger charge is -2.18. The smallest absolute Gasteiger partial charge is 0.346 e. The third kappa shape index (κ3) is 3.03. The highest BCUT2D eigenvalue weighted by Gasteiger charge is 2.33. The number of aryl methyl sites for hydroxylation is 1. The Kier molecular flexibility index (Phi) is 4.18. The number of sulfonamides is 1. The summed E-state index contributed by atoms with van der Waals surface area (Å²) in [6, 6.07) is 1.40. The zero-order valence-electron chi connectivity index (χ0n) is 11.0. The van der Waals surface area contributed by atoms with E-state index >= 15 is 0 Å². The normalized spacial score (nSPS) is 15.2. The predicted octanol–water partition coefficient (Wildman–Crippen LogP) is 1.79. The second-order valence-corrected chi connectivity index (χ2v) is 8.04. The summed E-state index contributed by atoms with van der Waals surface area (Å²) in [5.74, 6) is 1.62. The lowest BCUT2D eigenvalue weighted by molar-refractivity contribution is 0.0701. The van der Waals surface area contributed by atoms with Crippen LogP contribution in [0.4, 0.5) is 0 Å². The molecular weight excluding hydrogens is 298 g/mol. The van der Waals surface area contributed by atoms with E-state index in [1.807, 2.05) is 0 Å². The average molecular weight is 313 g/mol. The van der Waals surface area contributed by atoms with Crippen molar-refractivity contribution in [1.29, 1.82) is 0 Å². The molecule has 1 heterocycles. The van der Waals surface area contributed by atoms with Crippen molar-refractivity contribution in [2.75, 3.05) is 13.1 Å². The van der Waals surface area contributed by atoms with Gasteiger partial charge in [-0.15, -0.1) is 17.8 Å². The van der Waals surface area contributed by atoms with Crippen LogP contribution in [-0.2, 0) is 10.0 Å². The van der Waals surface area contributed by atoms with Gasteiger partial charge in [0.25, 0.3) is 10.0 Å². The molecule has 0 bridgehead atoms. The molecule has 1 saturated carbocycles. The number of hydrogen-bond acceptors (Lipinski definition) is 4. The Hall–Kier alpha value is -1.36. The molecule has 0 atom stereocenters. The first kappa shape index (κ1) is 15.0. The molecule has 0 amide bonds. The van der Waals surface area contributed by atoms with E-state index in [2.05, 4.69) is 5.92 Å². The van der Waals surface area contributed by atoms with Crippen molar-refractivity contribution < 1.29 is 18.3 Å². The van der Waals surface area contributed by atoms with Crippen LogP contribution in [0.1, 0.15) is 28.1 Å². The van der Waals surface area contributed by atoms with Crippen LogP contribution in [0.15, 0.2) is 10.3 Å². The van der Waals surface area contributed by atoms with E-state index in [0.29, 0.717) is 18.0 Å². The van der Waals surface area contributed by atoms with Gasteiger partial charge in [-0.1, -0.05) is 5.92 Å². The van der Waals surface area contributed by atoms with Gasteiger partial charge in [-0.3, -0.25) is 0 Å². The van der Waals surface area contributed by atoms with Crippen LogP contribution in [0.3, 0.4) is 0 Å². The summed E-state index contributed by atoms with van der Waals surface area (Å²) >= 11 is 0.778.